The average Bonchev–Trinajstić information content (AvgIpc) is 3.14. The van der Waals surface area contributed by atoms with Crippen LogP contribution in [0.2, 0.25) is 0 Å². The quantitative estimate of drug-likeness (QED) is 0.807. The van der Waals surface area contributed by atoms with E-state index < -0.39 is 0 Å². The molecule has 0 atom stereocenters. The van der Waals surface area contributed by atoms with Crippen molar-refractivity contribution in [1.29, 1.82) is 0 Å². The van der Waals surface area contributed by atoms with Crippen LogP contribution in [0.25, 0.3) is 0 Å². The molecule has 148 valence electrons. The minimum atomic E-state index is -0.134. The van der Waals surface area contributed by atoms with Gasteiger partial charge in [-0.3, -0.25) is 4.79 Å². The summed E-state index contributed by atoms with van der Waals surface area (Å²) in [6, 6.07) is 1.77. The van der Waals surface area contributed by atoms with Crippen molar-refractivity contribution >= 4 is 5.91 Å². The minimum Gasteiger partial charge on any atom is -0.466 e. The number of nitrogens with zero attached hydrogens (tertiary/aromatic N) is 4. The van der Waals surface area contributed by atoms with Crippen LogP contribution < -0.4 is 5.32 Å². The molecule has 2 aromatic rings. The number of carbonyl (C=O) groups excluding carboxylic acids is 1. The van der Waals surface area contributed by atoms with Crippen molar-refractivity contribution in [2.45, 2.75) is 60.0 Å². The first-order chi connectivity index (χ1) is 13.0. The number of fused-ring (bicyclic) bond motifs is 1. The second-order valence-electron chi connectivity index (χ2n) is 7.43. The first-order valence-corrected chi connectivity index (χ1v) is 10.00. The normalized spacial score (nSPS) is 15.0. The highest BCUT2D eigenvalue weighted by Gasteiger charge is 2.21. The summed E-state index contributed by atoms with van der Waals surface area (Å²) < 4.78 is 7.61. The summed E-state index contributed by atoms with van der Waals surface area (Å²) in [5.74, 6) is 3.84. The molecule has 0 aliphatic carbocycles. The highest BCUT2D eigenvalue weighted by molar-refractivity contribution is 5.95. The fourth-order valence-corrected chi connectivity index (χ4v) is 3.76. The number of aromatic nitrogens is 3. The lowest BCUT2D eigenvalue weighted by atomic mass is 10.0. The molecule has 0 spiro atoms. The summed E-state index contributed by atoms with van der Waals surface area (Å²) in [7, 11) is 0. The number of aryl methyl sites for hydroxylation is 2. The molecule has 1 amide bonds. The zero-order chi connectivity index (χ0) is 19.4. The number of carbonyl (C=O) groups is 1. The van der Waals surface area contributed by atoms with Crippen molar-refractivity contribution in [1.82, 2.24) is 25.0 Å². The number of hydrogen-bond donors (Lipinski definition) is 1. The number of furan rings is 1. The van der Waals surface area contributed by atoms with Crippen LogP contribution in [-0.2, 0) is 19.5 Å². The Labute approximate surface area is 161 Å². The maximum Gasteiger partial charge on any atom is 0.255 e. The van der Waals surface area contributed by atoms with Crippen molar-refractivity contribution in [2.75, 3.05) is 19.6 Å². The molecule has 3 rings (SSSR count). The molecule has 0 unspecified atom stereocenters. The fourth-order valence-electron chi connectivity index (χ4n) is 3.76. The molecule has 1 N–H and O–H groups in total. The SMILES string of the molecule is CCC(CC)CN1CCc2nnc(CNC(=O)c3cc(C)oc3C)n2CC1. The highest BCUT2D eigenvalue weighted by Crippen LogP contribution is 2.16. The number of amides is 1. The molecular formula is C20H31N5O2. The van der Waals surface area contributed by atoms with E-state index in [1.54, 1.807) is 13.0 Å². The Hall–Kier alpha value is -2.15. The summed E-state index contributed by atoms with van der Waals surface area (Å²) >= 11 is 0. The largest absolute Gasteiger partial charge is 0.466 e. The summed E-state index contributed by atoms with van der Waals surface area (Å²) in [4.78, 5) is 14.9. The Morgan fingerprint density at radius 2 is 2.00 bits per heavy atom. The van der Waals surface area contributed by atoms with E-state index in [2.05, 4.69) is 38.8 Å². The van der Waals surface area contributed by atoms with Crippen molar-refractivity contribution in [3.8, 4) is 0 Å². The Balaban J connectivity index is 1.60. The van der Waals surface area contributed by atoms with Gasteiger partial charge in [-0.1, -0.05) is 26.7 Å². The third-order valence-corrected chi connectivity index (χ3v) is 5.56. The molecule has 0 aromatic carbocycles. The molecule has 1 aliphatic rings. The molecule has 0 saturated heterocycles. The zero-order valence-corrected chi connectivity index (χ0v) is 16.9. The van der Waals surface area contributed by atoms with Crippen LogP contribution in [0, 0.1) is 19.8 Å². The van der Waals surface area contributed by atoms with Gasteiger partial charge in [0, 0.05) is 32.6 Å². The molecule has 0 saturated carbocycles. The molecule has 27 heavy (non-hydrogen) atoms. The van der Waals surface area contributed by atoms with E-state index >= 15 is 0 Å². The molecule has 2 aromatic heterocycles. The van der Waals surface area contributed by atoms with Crippen molar-refractivity contribution in [2.24, 2.45) is 5.92 Å². The van der Waals surface area contributed by atoms with Gasteiger partial charge < -0.3 is 19.2 Å². The van der Waals surface area contributed by atoms with Crippen LogP contribution in [0.3, 0.4) is 0 Å². The third kappa shape index (κ3) is 4.58. The summed E-state index contributed by atoms with van der Waals surface area (Å²) in [6.45, 7) is 12.6. The molecule has 1 aliphatic heterocycles. The van der Waals surface area contributed by atoms with Crippen LogP contribution in [-0.4, -0.2) is 45.2 Å². The summed E-state index contributed by atoms with van der Waals surface area (Å²) in [5.41, 5.74) is 0.583. The van der Waals surface area contributed by atoms with Gasteiger partial charge in [-0.05, 0) is 25.8 Å². The van der Waals surface area contributed by atoms with Gasteiger partial charge in [-0.25, -0.2) is 0 Å². The fraction of sp³-hybridized carbons (Fsp3) is 0.650. The number of hydrogen-bond acceptors (Lipinski definition) is 5. The maximum atomic E-state index is 12.4. The molecule has 3 heterocycles. The van der Waals surface area contributed by atoms with E-state index in [1.807, 2.05) is 6.92 Å². The molecule has 7 nitrogen and oxygen atoms in total. The van der Waals surface area contributed by atoms with E-state index in [4.69, 9.17) is 4.42 Å². The van der Waals surface area contributed by atoms with Gasteiger partial charge in [0.2, 0.25) is 0 Å². The minimum absolute atomic E-state index is 0.134. The van der Waals surface area contributed by atoms with Crippen molar-refractivity contribution < 1.29 is 9.21 Å². The Kier molecular flexibility index (Phi) is 6.31. The van der Waals surface area contributed by atoms with E-state index in [1.165, 1.54) is 12.8 Å². The van der Waals surface area contributed by atoms with Gasteiger partial charge in [-0.2, -0.15) is 0 Å². The second kappa shape index (κ2) is 8.69. The van der Waals surface area contributed by atoms with E-state index in [0.717, 1.165) is 55.9 Å². The van der Waals surface area contributed by atoms with Gasteiger partial charge in [0.25, 0.3) is 5.91 Å². The number of rotatable bonds is 7. The average molecular weight is 374 g/mol. The maximum absolute atomic E-state index is 12.4. The standard InChI is InChI=1S/C20H31N5O2/c1-5-16(6-2)13-24-8-7-18-22-23-19(25(18)10-9-24)12-21-20(26)17-11-14(3)27-15(17)4/h11,16H,5-10,12-13H2,1-4H3,(H,21,26). The van der Waals surface area contributed by atoms with Crippen LogP contribution in [0.1, 0.15) is 60.2 Å². The molecule has 7 heteroatoms. The van der Waals surface area contributed by atoms with Gasteiger partial charge in [0.15, 0.2) is 5.82 Å². The molecule has 0 radical (unpaired) electrons. The van der Waals surface area contributed by atoms with E-state index in [9.17, 15) is 4.79 Å². The topological polar surface area (TPSA) is 76.2 Å². The molecule has 0 bridgehead atoms. The van der Waals surface area contributed by atoms with Crippen molar-refractivity contribution in [3.05, 3.63) is 34.8 Å². The van der Waals surface area contributed by atoms with Gasteiger partial charge >= 0.3 is 0 Å². The lowest BCUT2D eigenvalue weighted by molar-refractivity contribution is 0.0948. The molecular weight excluding hydrogens is 342 g/mol. The van der Waals surface area contributed by atoms with Crippen LogP contribution >= 0.6 is 0 Å². The first kappa shape index (κ1) is 19.6. The van der Waals surface area contributed by atoms with E-state index in [0.29, 0.717) is 17.9 Å². The second-order valence-corrected chi connectivity index (χ2v) is 7.43. The first-order valence-electron chi connectivity index (χ1n) is 10.00. The van der Waals surface area contributed by atoms with Gasteiger partial charge in [0.1, 0.15) is 17.3 Å². The Morgan fingerprint density at radius 3 is 2.67 bits per heavy atom. The summed E-state index contributed by atoms with van der Waals surface area (Å²) in [6.07, 6.45) is 3.35. The van der Waals surface area contributed by atoms with Crippen LogP contribution in [0.4, 0.5) is 0 Å². The lowest BCUT2D eigenvalue weighted by Crippen LogP contribution is -2.32. The Morgan fingerprint density at radius 1 is 1.22 bits per heavy atom. The smallest absolute Gasteiger partial charge is 0.255 e. The van der Waals surface area contributed by atoms with E-state index in [-0.39, 0.29) is 5.91 Å². The zero-order valence-electron chi connectivity index (χ0n) is 16.9. The lowest BCUT2D eigenvalue weighted by Gasteiger charge is -2.24. The monoisotopic (exact) mass is 373 g/mol. The van der Waals surface area contributed by atoms with Crippen LogP contribution in [0.15, 0.2) is 10.5 Å². The van der Waals surface area contributed by atoms with Gasteiger partial charge in [-0.15, -0.1) is 10.2 Å². The highest BCUT2D eigenvalue weighted by atomic mass is 16.3. The Bertz CT molecular complexity index is 775. The van der Waals surface area contributed by atoms with Crippen molar-refractivity contribution in [3.63, 3.8) is 0 Å². The third-order valence-electron chi connectivity index (χ3n) is 5.56. The predicted molar refractivity (Wildman–Crippen MR) is 104 cm³/mol. The number of nitrogens with one attached hydrogen (secondary N) is 1. The predicted octanol–water partition coefficient (Wildman–Crippen LogP) is 2.71. The van der Waals surface area contributed by atoms with Gasteiger partial charge in [0.05, 0.1) is 12.1 Å². The molecule has 0 fully saturated rings. The van der Waals surface area contributed by atoms with Crippen LogP contribution in [0.5, 0.6) is 0 Å². The summed E-state index contributed by atoms with van der Waals surface area (Å²) in [5, 5.41) is 11.6.